The number of likely N-dealkylation sites (tertiary alicyclic amines) is 1. The number of nitrogens with zero attached hydrogens (tertiary/aromatic N) is 1. The van der Waals surface area contributed by atoms with Crippen molar-refractivity contribution in [3.8, 4) is 0 Å². The van der Waals surface area contributed by atoms with Gasteiger partial charge in [0.1, 0.15) is 11.6 Å². The first-order valence-corrected chi connectivity index (χ1v) is 11.6. The zero-order chi connectivity index (χ0) is 23.5. The standard InChI is InChI=1S/C27H32F2N4/c1-4-5-10-25(18(3)33-14-13-19(16-33)20-8-6-7-9-24(20)30)31-17(2)26-15-21-22(28)11-12-23(29)27(21)32-26/h6-9,11-12,15,19,25,31-32H,2-5,10,13-14,16,30H2,1H3. The molecule has 4 rings (SSSR count). The molecular formula is C27H32F2N4. The number of anilines is 1. The summed E-state index contributed by atoms with van der Waals surface area (Å²) in [5, 5.41) is 3.70. The van der Waals surface area contributed by atoms with Crippen molar-refractivity contribution in [3.63, 3.8) is 0 Å². The molecule has 2 aromatic carbocycles. The van der Waals surface area contributed by atoms with Crippen LogP contribution in [-0.2, 0) is 0 Å². The van der Waals surface area contributed by atoms with Crippen LogP contribution >= 0.6 is 0 Å². The highest BCUT2D eigenvalue weighted by molar-refractivity contribution is 5.85. The average Bonchev–Trinajstić information content (AvgIpc) is 3.47. The second kappa shape index (κ2) is 9.69. The molecule has 0 saturated carbocycles. The third-order valence-corrected chi connectivity index (χ3v) is 6.64. The fourth-order valence-corrected chi connectivity index (χ4v) is 4.71. The summed E-state index contributed by atoms with van der Waals surface area (Å²) in [7, 11) is 0. The molecule has 174 valence electrons. The van der Waals surface area contributed by atoms with Gasteiger partial charge in [0.15, 0.2) is 0 Å². The van der Waals surface area contributed by atoms with Crippen molar-refractivity contribution in [1.82, 2.24) is 15.2 Å². The topological polar surface area (TPSA) is 57.1 Å². The zero-order valence-electron chi connectivity index (χ0n) is 19.1. The molecule has 2 atom stereocenters. The van der Waals surface area contributed by atoms with Crippen LogP contribution in [0.5, 0.6) is 0 Å². The molecule has 6 heteroatoms. The predicted molar refractivity (Wildman–Crippen MR) is 133 cm³/mol. The van der Waals surface area contributed by atoms with Crippen LogP contribution in [0.4, 0.5) is 14.5 Å². The molecule has 1 aliphatic rings. The Balaban J connectivity index is 1.49. The fraction of sp³-hybridized carbons (Fsp3) is 0.333. The molecule has 1 aromatic heterocycles. The molecular weight excluding hydrogens is 418 g/mol. The van der Waals surface area contributed by atoms with Crippen LogP contribution in [0.25, 0.3) is 16.6 Å². The normalized spacial score (nSPS) is 16.8. The van der Waals surface area contributed by atoms with E-state index in [4.69, 9.17) is 5.73 Å². The molecule has 2 heterocycles. The van der Waals surface area contributed by atoms with Gasteiger partial charge in [0.2, 0.25) is 0 Å². The molecule has 3 aromatic rings. The van der Waals surface area contributed by atoms with Gasteiger partial charge in [0.05, 0.1) is 22.9 Å². The molecule has 0 aliphatic carbocycles. The van der Waals surface area contributed by atoms with E-state index in [1.54, 1.807) is 6.07 Å². The summed E-state index contributed by atoms with van der Waals surface area (Å²) in [6.07, 6.45) is 4.01. The molecule has 1 fully saturated rings. The first-order chi connectivity index (χ1) is 15.9. The third kappa shape index (κ3) is 4.75. The van der Waals surface area contributed by atoms with Gasteiger partial charge >= 0.3 is 0 Å². The molecule has 1 aliphatic heterocycles. The van der Waals surface area contributed by atoms with E-state index in [0.717, 1.165) is 62.3 Å². The summed E-state index contributed by atoms with van der Waals surface area (Å²) in [6.45, 7) is 12.5. The number of nitrogens with one attached hydrogen (secondary N) is 2. The van der Waals surface area contributed by atoms with Gasteiger partial charge in [0.25, 0.3) is 0 Å². The lowest BCUT2D eigenvalue weighted by atomic mass is 9.97. The van der Waals surface area contributed by atoms with Crippen LogP contribution in [0, 0.1) is 11.6 Å². The Morgan fingerprint density at radius 2 is 1.97 bits per heavy atom. The van der Waals surface area contributed by atoms with Crippen LogP contribution in [-0.4, -0.2) is 29.0 Å². The van der Waals surface area contributed by atoms with Crippen molar-refractivity contribution in [2.45, 2.75) is 44.6 Å². The van der Waals surface area contributed by atoms with Crippen molar-refractivity contribution in [2.75, 3.05) is 18.8 Å². The lowest BCUT2D eigenvalue weighted by molar-refractivity contribution is 0.367. The quantitative estimate of drug-likeness (QED) is 0.343. The molecule has 4 nitrogen and oxygen atoms in total. The maximum Gasteiger partial charge on any atom is 0.147 e. The van der Waals surface area contributed by atoms with Crippen molar-refractivity contribution in [2.24, 2.45) is 0 Å². The number of para-hydroxylation sites is 1. The Morgan fingerprint density at radius 1 is 1.21 bits per heavy atom. The minimum absolute atomic E-state index is 0.0228. The smallest absolute Gasteiger partial charge is 0.147 e. The molecule has 0 spiro atoms. The Bertz CT molecular complexity index is 1130. The van der Waals surface area contributed by atoms with Crippen molar-refractivity contribution in [3.05, 3.63) is 84.2 Å². The summed E-state index contributed by atoms with van der Waals surface area (Å²) >= 11 is 0. The minimum atomic E-state index is -0.485. The molecule has 2 unspecified atom stereocenters. The van der Waals surface area contributed by atoms with E-state index in [2.05, 4.69) is 41.3 Å². The van der Waals surface area contributed by atoms with Crippen LogP contribution in [0.1, 0.15) is 49.8 Å². The monoisotopic (exact) mass is 450 g/mol. The maximum absolute atomic E-state index is 14.1. The van der Waals surface area contributed by atoms with E-state index in [1.807, 2.05) is 18.2 Å². The van der Waals surface area contributed by atoms with E-state index in [1.165, 1.54) is 5.56 Å². The number of unbranched alkanes of at least 4 members (excludes halogenated alkanes) is 1. The van der Waals surface area contributed by atoms with Crippen molar-refractivity contribution >= 4 is 22.3 Å². The van der Waals surface area contributed by atoms with Gasteiger partial charge in [-0.2, -0.15) is 0 Å². The number of nitrogen functional groups attached to an aromatic ring is 1. The highest BCUT2D eigenvalue weighted by Gasteiger charge is 2.29. The van der Waals surface area contributed by atoms with E-state index in [9.17, 15) is 8.78 Å². The van der Waals surface area contributed by atoms with Crippen molar-refractivity contribution in [1.29, 1.82) is 0 Å². The van der Waals surface area contributed by atoms with E-state index >= 15 is 0 Å². The van der Waals surface area contributed by atoms with Crippen LogP contribution in [0.2, 0.25) is 0 Å². The second-order valence-corrected chi connectivity index (χ2v) is 8.87. The van der Waals surface area contributed by atoms with Gasteiger partial charge in [-0.05, 0) is 42.7 Å². The van der Waals surface area contributed by atoms with Crippen LogP contribution in [0.3, 0.4) is 0 Å². The lowest BCUT2D eigenvalue weighted by Gasteiger charge is -2.30. The number of hydrogen-bond acceptors (Lipinski definition) is 3. The summed E-state index contributed by atoms with van der Waals surface area (Å²) < 4.78 is 28.3. The van der Waals surface area contributed by atoms with Gasteiger partial charge in [-0.15, -0.1) is 0 Å². The lowest BCUT2D eigenvalue weighted by Crippen LogP contribution is -2.37. The largest absolute Gasteiger partial charge is 0.398 e. The Kier molecular flexibility index (Phi) is 6.72. The number of aromatic amines is 1. The van der Waals surface area contributed by atoms with Gasteiger partial charge < -0.3 is 20.9 Å². The Hall–Kier alpha value is -3.28. The summed E-state index contributed by atoms with van der Waals surface area (Å²) in [4.78, 5) is 5.30. The average molecular weight is 451 g/mol. The van der Waals surface area contributed by atoms with Gasteiger partial charge in [-0.1, -0.05) is 51.1 Å². The molecule has 4 N–H and O–H groups in total. The number of hydrogen-bond donors (Lipinski definition) is 3. The number of halogens is 2. The van der Waals surface area contributed by atoms with Crippen LogP contribution in [0.15, 0.2) is 61.3 Å². The Morgan fingerprint density at radius 3 is 2.70 bits per heavy atom. The second-order valence-electron chi connectivity index (χ2n) is 8.87. The van der Waals surface area contributed by atoms with Gasteiger partial charge in [0, 0.05) is 35.8 Å². The first-order valence-electron chi connectivity index (χ1n) is 11.6. The molecule has 1 saturated heterocycles. The number of benzene rings is 2. The summed E-state index contributed by atoms with van der Waals surface area (Å²) in [6, 6.07) is 11.9. The van der Waals surface area contributed by atoms with E-state index in [0.29, 0.717) is 17.3 Å². The van der Waals surface area contributed by atoms with Crippen LogP contribution < -0.4 is 11.1 Å². The SMILES string of the molecule is C=C(NC(CCCC)C(=C)N1CCC(c2ccccc2N)C1)c1cc2c(F)ccc(F)c2[nH]1. The highest BCUT2D eigenvalue weighted by atomic mass is 19.1. The molecule has 0 amide bonds. The first kappa shape index (κ1) is 22.9. The predicted octanol–water partition coefficient (Wildman–Crippen LogP) is 6.15. The minimum Gasteiger partial charge on any atom is -0.398 e. The number of aromatic nitrogens is 1. The van der Waals surface area contributed by atoms with Gasteiger partial charge in [-0.25, -0.2) is 8.78 Å². The molecule has 0 bridgehead atoms. The molecule has 0 radical (unpaired) electrons. The fourth-order valence-electron chi connectivity index (χ4n) is 4.71. The summed E-state index contributed by atoms with van der Waals surface area (Å²) in [5.74, 6) is -0.574. The third-order valence-electron chi connectivity index (χ3n) is 6.64. The summed E-state index contributed by atoms with van der Waals surface area (Å²) in [5.41, 5.74) is 10.6. The number of H-pyrrole nitrogens is 1. The van der Waals surface area contributed by atoms with E-state index < -0.39 is 11.6 Å². The molecule has 33 heavy (non-hydrogen) atoms. The number of nitrogens with two attached hydrogens (primary N) is 1. The van der Waals surface area contributed by atoms with Gasteiger partial charge in [-0.3, -0.25) is 0 Å². The van der Waals surface area contributed by atoms with E-state index in [-0.39, 0.29) is 16.9 Å². The van der Waals surface area contributed by atoms with Crippen molar-refractivity contribution < 1.29 is 8.78 Å². The highest BCUT2D eigenvalue weighted by Crippen LogP contribution is 2.33. The number of rotatable bonds is 9. The number of fused-ring (bicyclic) bond motifs is 1. The maximum atomic E-state index is 14.1. The Labute approximate surface area is 194 Å². The zero-order valence-corrected chi connectivity index (χ0v) is 19.1.